The fourth-order valence-electron chi connectivity index (χ4n) is 1.79. The molecular weight excluding hydrogens is 216 g/mol. The van der Waals surface area contributed by atoms with Gasteiger partial charge in [-0.1, -0.05) is 74.7 Å². The van der Waals surface area contributed by atoms with E-state index < -0.39 is 0 Å². The molecule has 18 heavy (non-hydrogen) atoms. The maximum Gasteiger partial charge on any atom is -0.0236 e. The average molecular weight is 240 g/mol. The molecule has 0 aliphatic heterocycles. The summed E-state index contributed by atoms with van der Waals surface area (Å²) in [6, 6.07) is 10.6. The van der Waals surface area contributed by atoms with E-state index in [4.69, 9.17) is 0 Å². The molecule has 0 heteroatoms. The molecule has 0 aliphatic rings. The predicted molar refractivity (Wildman–Crippen MR) is 80.2 cm³/mol. The molecule has 0 unspecified atom stereocenters. The van der Waals surface area contributed by atoms with Gasteiger partial charge in [-0.25, -0.2) is 0 Å². The monoisotopic (exact) mass is 240 g/mol. The third-order valence-corrected chi connectivity index (χ3v) is 2.87. The van der Waals surface area contributed by atoms with E-state index in [0.717, 1.165) is 19.3 Å². The highest BCUT2D eigenvalue weighted by Crippen LogP contribution is 2.04. The first-order chi connectivity index (χ1) is 8.93. The van der Waals surface area contributed by atoms with E-state index in [-0.39, 0.29) is 0 Å². The SMILES string of the molecule is [CH2]CCCCCC=CC=[C]CCc1ccccc1. The molecule has 0 atom stereocenters. The van der Waals surface area contributed by atoms with Crippen molar-refractivity contribution in [3.63, 3.8) is 0 Å². The third-order valence-electron chi connectivity index (χ3n) is 2.87. The molecule has 0 N–H and O–H groups in total. The Morgan fingerprint density at radius 2 is 1.89 bits per heavy atom. The summed E-state index contributed by atoms with van der Waals surface area (Å²) in [6.45, 7) is 3.84. The number of allylic oxidation sites excluding steroid dienone is 4. The number of benzene rings is 1. The molecule has 1 aromatic carbocycles. The van der Waals surface area contributed by atoms with Crippen LogP contribution in [0, 0.1) is 13.0 Å². The molecule has 0 saturated heterocycles. The summed E-state index contributed by atoms with van der Waals surface area (Å²) in [7, 11) is 0. The zero-order valence-corrected chi connectivity index (χ0v) is 11.3. The van der Waals surface area contributed by atoms with Gasteiger partial charge < -0.3 is 0 Å². The lowest BCUT2D eigenvalue weighted by Gasteiger charge is -1.95. The van der Waals surface area contributed by atoms with Gasteiger partial charge in [0.05, 0.1) is 0 Å². The summed E-state index contributed by atoms with van der Waals surface area (Å²) in [4.78, 5) is 0. The summed E-state index contributed by atoms with van der Waals surface area (Å²) < 4.78 is 0. The smallest absolute Gasteiger partial charge is 0.0236 e. The Hall–Kier alpha value is -1.30. The zero-order valence-electron chi connectivity index (χ0n) is 11.3. The van der Waals surface area contributed by atoms with Crippen LogP contribution in [0.15, 0.2) is 48.6 Å². The highest BCUT2D eigenvalue weighted by Gasteiger charge is 1.87. The standard InChI is InChI=1S/C18H24/c1-2-3-4-5-6-7-8-9-10-12-15-18-16-13-11-14-17-18/h7-9,11,13-14,16-17H,1-6,12,15H2. The van der Waals surface area contributed by atoms with Crippen molar-refractivity contribution in [2.24, 2.45) is 0 Å². The lowest BCUT2D eigenvalue weighted by atomic mass is 10.1. The fraction of sp³-hybridized carbons (Fsp3) is 0.389. The van der Waals surface area contributed by atoms with Crippen molar-refractivity contribution >= 4 is 0 Å². The van der Waals surface area contributed by atoms with E-state index in [9.17, 15) is 0 Å². The fourth-order valence-corrected chi connectivity index (χ4v) is 1.79. The van der Waals surface area contributed by atoms with Crippen molar-refractivity contribution in [1.29, 1.82) is 0 Å². The lowest BCUT2D eigenvalue weighted by molar-refractivity contribution is 0.695. The third kappa shape index (κ3) is 7.89. The van der Waals surface area contributed by atoms with E-state index in [1.54, 1.807) is 0 Å². The number of hydrogen-bond acceptors (Lipinski definition) is 0. The summed E-state index contributed by atoms with van der Waals surface area (Å²) in [6.07, 6.45) is 17.9. The summed E-state index contributed by atoms with van der Waals surface area (Å²) >= 11 is 0. The average Bonchev–Trinajstić information content (AvgIpc) is 2.42. The second kappa shape index (κ2) is 10.8. The Bertz CT molecular complexity index is 332. The van der Waals surface area contributed by atoms with Crippen LogP contribution in [0.3, 0.4) is 0 Å². The Balaban J connectivity index is 2.02. The van der Waals surface area contributed by atoms with Crippen molar-refractivity contribution in [2.45, 2.75) is 44.9 Å². The molecule has 0 aromatic heterocycles. The molecule has 0 amide bonds. The number of unbranched alkanes of at least 4 members (excludes halogenated alkanes) is 4. The van der Waals surface area contributed by atoms with Crippen molar-refractivity contribution in [3.05, 3.63) is 67.1 Å². The first-order valence-electron chi connectivity index (χ1n) is 6.98. The largest absolute Gasteiger partial charge is 0.0845 e. The first-order valence-corrected chi connectivity index (χ1v) is 6.98. The van der Waals surface area contributed by atoms with Gasteiger partial charge in [-0.3, -0.25) is 0 Å². The van der Waals surface area contributed by atoms with Crippen molar-refractivity contribution in [2.75, 3.05) is 0 Å². The number of rotatable bonds is 9. The summed E-state index contributed by atoms with van der Waals surface area (Å²) in [5, 5.41) is 0. The van der Waals surface area contributed by atoms with E-state index in [0.29, 0.717) is 0 Å². The topological polar surface area (TPSA) is 0 Å². The molecule has 1 rings (SSSR count). The van der Waals surface area contributed by atoms with Crippen LogP contribution in [-0.2, 0) is 6.42 Å². The molecule has 2 radical (unpaired) electrons. The maximum atomic E-state index is 3.84. The molecule has 0 nitrogen and oxygen atoms in total. The number of aryl methyl sites for hydroxylation is 1. The van der Waals surface area contributed by atoms with Crippen LogP contribution in [0.1, 0.15) is 44.1 Å². The molecule has 96 valence electrons. The van der Waals surface area contributed by atoms with Gasteiger partial charge in [0.25, 0.3) is 0 Å². The highest BCUT2D eigenvalue weighted by molar-refractivity contribution is 5.15. The van der Waals surface area contributed by atoms with Crippen LogP contribution in [0.2, 0.25) is 0 Å². The Kier molecular flexibility index (Phi) is 8.88. The van der Waals surface area contributed by atoms with Gasteiger partial charge in [-0.2, -0.15) is 0 Å². The molecule has 0 saturated carbocycles. The Labute approximate surface area is 112 Å². The van der Waals surface area contributed by atoms with Crippen LogP contribution in [-0.4, -0.2) is 0 Å². The van der Waals surface area contributed by atoms with E-state index >= 15 is 0 Å². The Morgan fingerprint density at radius 3 is 2.67 bits per heavy atom. The quantitative estimate of drug-likeness (QED) is 0.405. The van der Waals surface area contributed by atoms with Gasteiger partial charge in [0.2, 0.25) is 0 Å². The van der Waals surface area contributed by atoms with Crippen LogP contribution in [0.5, 0.6) is 0 Å². The second-order valence-corrected chi connectivity index (χ2v) is 4.49. The molecule has 0 aliphatic carbocycles. The van der Waals surface area contributed by atoms with E-state index in [1.165, 1.54) is 31.2 Å². The van der Waals surface area contributed by atoms with E-state index in [1.807, 2.05) is 6.08 Å². The van der Waals surface area contributed by atoms with Crippen molar-refractivity contribution in [1.82, 2.24) is 0 Å². The molecule has 0 spiro atoms. The van der Waals surface area contributed by atoms with Gasteiger partial charge in [0, 0.05) is 0 Å². The van der Waals surface area contributed by atoms with Crippen LogP contribution in [0.25, 0.3) is 0 Å². The molecule has 0 heterocycles. The molecule has 1 aromatic rings. The number of hydrogen-bond donors (Lipinski definition) is 0. The predicted octanol–water partition coefficient (Wildman–Crippen LogP) is 5.32. The summed E-state index contributed by atoms with van der Waals surface area (Å²) in [5.41, 5.74) is 1.38. The maximum absolute atomic E-state index is 3.84. The van der Waals surface area contributed by atoms with Gasteiger partial charge in [-0.05, 0) is 37.3 Å². The van der Waals surface area contributed by atoms with Gasteiger partial charge in [-0.15, -0.1) is 0 Å². The molecule has 0 fully saturated rings. The minimum Gasteiger partial charge on any atom is -0.0845 e. The van der Waals surface area contributed by atoms with Gasteiger partial charge in [0.15, 0.2) is 0 Å². The van der Waals surface area contributed by atoms with E-state index in [2.05, 4.69) is 55.5 Å². The van der Waals surface area contributed by atoms with Crippen molar-refractivity contribution < 1.29 is 0 Å². The first kappa shape index (κ1) is 14.8. The van der Waals surface area contributed by atoms with Gasteiger partial charge in [0.1, 0.15) is 0 Å². The lowest BCUT2D eigenvalue weighted by Crippen LogP contribution is -1.81. The molecule has 0 bridgehead atoms. The van der Waals surface area contributed by atoms with Gasteiger partial charge >= 0.3 is 0 Å². The highest BCUT2D eigenvalue weighted by atomic mass is 13.9. The summed E-state index contributed by atoms with van der Waals surface area (Å²) in [5.74, 6) is 0. The minimum absolute atomic E-state index is 0.996. The van der Waals surface area contributed by atoms with Crippen LogP contribution >= 0.6 is 0 Å². The Morgan fingerprint density at radius 1 is 1.06 bits per heavy atom. The van der Waals surface area contributed by atoms with Crippen LogP contribution < -0.4 is 0 Å². The normalized spacial score (nSPS) is 11.6. The molecular formula is C18H24. The zero-order chi connectivity index (χ0) is 12.9. The van der Waals surface area contributed by atoms with Crippen molar-refractivity contribution in [3.8, 4) is 0 Å². The van der Waals surface area contributed by atoms with Crippen LogP contribution in [0.4, 0.5) is 0 Å². The second-order valence-electron chi connectivity index (χ2n) is 4.49. The minimum atomic E-state index is 0.996.